The van der Waals surface area contributed by atoms with E-state index in [0.717, 1.165) is 6.07 Å². The Morgan fingerprint density at radius 3 is 2.62 bits per heavy atom. The topological polar surface area (TPSA) is 143 Å². The zero-order chi connectivity index (χ0) is 12.3. The summed E-state index contributed by atoms with van der Waals surface area (Å²) in [6.45, 7) is -0.145. The first-order valence-electron chi connectivity index (χ1n) is 4.52. The van der Waals surface area contributed by atoms with Gasteiger partial charge in [-0.15, -0.1) is 0 Å². The molecular weight excluding hydrogens is 214 g/mol. The molecule has 7 nitrogen and oxygen atoms in total. The number of aliphatic hydroxyl groups is 2. The van der Waals surface area contributed by atoms with Gasteiger partial charge >= 0.3 is 5.97 Å². The highest BCUT2D eigenvalue weighted by Crippen LogP contribution is 2.19. The Hall–Kier alpha value is -1.70. The molecule has 0 saturated heterocycles. The van der Waals surface area contributed by atoms with Crippen LogP contribution >= 0.6 is 0 Å². The third-order valence-corrected chi connectivity index (χ3v) is 2.12. The van der Waals surface area contributed by atoms with Gasteiger partial charge in [0.2, 0.25) is 0 Å². The maximum atomic E-state index is 10.7. The van der Waals surface area contributed by atoms with Crippen molar-refractivity contribution >= 4 is 11.8 Å². The van der Waals surface area contributed by atoms with Crippen molar-refractivity contribution in [3.63, 3.8) is 0 Å². The predicted molar refractivity (Wildman–Crippen MR) is 55.6 cm³/mol. The van der Waals surface area contributed by atoms with Gasteiger partial charge in [-0.2, -0.15) is 0 Å². The van der Waals surface area contributed by atoms with Crippen LogP contribution in [0.4, 0.5) is 5.82 Å². The molecule has 7 heteroatoms. The zero-order valence-electron chi connectivity index (χ0n) is 8.37. The monoisotopic (exact) mass is 227 g/mol. The number of carbonyl (C=O) groups is 1. The third kappa shape index (κ3) is 2.45. The molecule has 16 heavy (non-hydrogen) atoms. The van der Waals surface area contributed by atoms with Crippen molar-refractivity contribution in [2.45, 2.75) is 12.2 Å². The van der Waals surface area contributed by atoms with Crippen molar-refractivity contribution in [1.82, 2.24) is 4.98 Å². The number of hydrogen-bond donors (Lipinski definition) is 5. The third-order valence-electron chi connectivity index (χ3n) is 2.12. The normalized spacial score (nSPS) is 14.4. The Bertz CT molecular complexity index is 396. The zero-order valence-corrected chi connectivity index (χ0v) is 8.37. The standard InChI is InChI=1S/C9H13N3O4/c10-2-6(13)7(14)4-1-5(9(15)16)8(11)12-3-4/h1,3,6-7,13-14H,2,10H2,(H2,11,12)(H,15,16). The fourth-order valence-corrected chi connectivity index (χ4v) is 1.18. The number of carboxylic acids is 1. The summed E-state index contributed by atoms with van der Waals surface area (Å²) in [5.41, 5.74) is 10.4. The minimum Gasteiger partial charge on any atom is -0.478 e. The number of aromatic nitrogens is 1. The smallest absolute Gasteiger partial charge is 0.339 e. The lowest BCUT2D eigenvalue weighted by Gasteiger charge is -2.16. The van der Waals surface area contributed by atoms with Crippen LogP contribution in [0.25, 0.3) is 0 Å². The van der Waals surface area contributed by atoms with Crippen LogP contribution in [0.15, 0.2) is 12.3 Å². The van der Waals surface area contributed by atoms with E-state index in [0.29, 0.717) is 0 Å². The van der Waals surface area contributed by atoms with Crippen LogP contribution in [-0.2, 0) is 0 Å². The minimum absolute atomic E-state index is 0.145. The highest BCUT2D eigenvalue weighted by molar-refractivity contribution is 5.92. The summed E-state index contributed by atoms with van der Waals surface area (Å²) in [6, 6.07) is 1.16. The number of nitrogens with zero attached hydrogens (tertiary/aromatic N) is 1. The highest BCUT2D eigenvalue weighted by atomic mass is 16.4. The molecule has 88 valence electrons. The summed E-state index contributed by atoms with van der Waals surface area (Å²) in [5.74, 6) is -1.40. The van der Waals surface area contributed by atoms with E-state index >= 15 is 0 Å². The first-order valence-corrected chi connectivity index (χ1v) is 4.52. The van der Waals surface area contributed by atoms with Gasteiger partial charge < -0.3 is 26.8 Å². The maximum absolute atomic E-state index is 10.7. The number of nitrogens with two attached hydrogens (primary N) is 2. The molecule has 0 aliphatic rings. The summed E-state index contributed by atoms with van der Waals surface area (Å²) >= 11 is 0. The first-order chi connectivity index (χ1) is 7.47. The van der Waals surface area contributed by atoms with Crippen LogP contribution < -0.4 is 11.5 Å². The Morgan fingerprint density at radius 2 is 2.12 bits per heavy atom. The van der Waals surface area contributed by atoms with Gasteiger partial charge in [-0.05, 0) is 6.07 Å². The van der Waals surface area contributed by atoms with E-state index in [2.05, 4.69) is 4.98 Å². The fourth-order valence-electron chi connectivity index (χ4n) is 1.18. The second-order valence-corrected chi connectivity index (χ2v) is 3.25. The summed E-state index contributed by atoms with van der Waals surface area (Å²) in [4.78, 5) is 14.4. The van der Waals surface area contributed by atoms with Crippen LogP contribution in [0.1, 0.15) is 22.0 Å². The molecule has 7 N–H and O–H groups in total. The number of aromatic carboxylic acids is 1. The number of carboxylic acid groups (broad SMARTS) is 1. The largest absolute Gasteiger partial charge is 0.478 e. The van der Waals surface area contributed by atoms with Gasteiger partial charge in [-0.1, -0.05) is 0 Å². The van der Waals surface area contributed by atoms with Crippen molar-refractivity contribution in [2.75, 3.05) is 12.3 Å². The van der Waals surface area contributed by atoms with E-state index in [1.54, 1.807) is 0 Å². The first kappa shape index (κ1) is 12.4. The van der Waals surface area contributed by atoms with Crippen molar-refractivity contribution in [3.05, 3.63) is 23.4 Å². The Kier molecular flexibility index (Phi) is 3.78. The van der Waals surface area contributed by atoms with Gasteiger partial charge in [0.05, 0.1) is 6.10 Å². The number of hydrogen-bond acceptors (Lipinski definition) is 6. The molecule has 0 spiro atoms. The number of nitrogen functional groups attached to an aromatic ring is 1. The molecule has 0 aliphatic heterocycles. The lowest BCUT2D eigenvalue weighted by molar-refractivity contribution is 0.0240. The molecular formula is C9H13N3O4. The summed E-state index contributed by atoms with van der Waals surface area (Å²) in [6.07, 6.45) is -1.26. The average Bonchev–Trinajstić information content (AvgIpc) is 2.27. The second-order valence-electron chi connectivity index (χ2n) is 3.25. The number of pyridine rings is 1. The van der Waals surface area contributed by atoms with E-state index in [4.69, 9.17) is 16.6 Å². The fraction of sp³-hybridized carbons (Fsp3) is 0.333. The van der Waals surface area contributed by atoms with Crippen molar-refractivity contribution in [2.24, 2.45) is 5.73 Å². The Morgan fingerprint density at radius 1 is 1.50 bits per heavy atom. The second kappa shape index (κ2) is 4.88. The highest BCUT2D eigenvalue weighted by Gasteiger charge is 2.19. The van der Waals surface area contributed by atoms with Crippen LogP contribution in [0, 0.1) is 0 Å². The van der Waals surface area contributed by atoms with E-state index in [1.165, 1.54) is 6.20 Å². The van der Waals surface area contributed by atoms with E-state index in [-0.39, 0.29) is 23.5 Å². The Balaban J connectivity index is 3.07. The number of rotatable bonds is 4. The van der Waals surface area contributed by atoms with Crippen LogP contribution in [0.3, 0.4) is 0 Å². The van der Waals surface area contributed by atoms with Gasteiger partial charge in [-0.3, -0.25) is 0 Å². The lowest BCUT2D eigenvalue weighted by atomic mass is 10.0. The van der Waals surface area contributed by atoms with Gasteiger partial charge in [0.15, 0.2) is 0 Å². The predicted octanol–water partition coefficient (Wildman–Crippen LogP) is -1.28. The van der Waals surface area contributed by atoms with Gasteiger partial charge in [0.1, 0.15) is 17.5 Å². The van der Waals surface area contributed by atoms with Crippen LogP contribution in [0.2, 0.25) is 0 Å². The molecule has 1 aromatic heterocycles. The molecule has 1 aromatic rings. The SMILES string of the molecule is NCC(O)C(O)c1cnc(N)c(C(=O)O)c1. The lowest BCUT2D eigenvalue weighted by Crippen LogP contribution is -2.27. The van der Waals surface area contributed by atoms with Gasteiger partial charge in [-0.25, -0.2) is 9.78 Å². The summed E-state index contributed by atoms with van der Waals surface area (Å²) < 4.78 is 0. The molecule has 0 aromatic carbocycles. The van der Waals surface area contributed by atoms with Gasteiger partial charge in [0.25, 0.3) is 0 Å². The summed E-state index contributed by atoms with van der Waals surface area (Å²) in [5, 5.41) is 27.7. The maximum Gasteiger partial charge on any atom is 0.339 e. The van der Waals surface area contributed by atoms with Crippen LogP contribution in [-0.4, -0.2) is 38.9 Å². The molecule has 1 rings (SSSR count). The summed E-state index contributed by atoms with van der Waals surface area (Å²) in [7, 11) is 0. The van der Waals surface area contributed by atoms with E-state index in [9.17, 15) is 15.0 Å². The molecule has 0 saturated carbocycles. The van der Waals surface area contributed by atoms with Crippen LogP contribution in [0.5, 0.6) is 0 Å². The molecule has 0 bridgehead atoms. The Labute approximate surface area is 91.3 Å². The minimum atomic E-state index is -1.28. The van der Waals surface area contributed by atoms with Crippen molar-refractivity contribution < 1.29 is 20.1 Å². The molecule has 2 atom stereocenters. The number of aliphatic hydroxyl groups excluding tert-OH is 2. The molecule has 0 radical (unpaired) electrons. The average molecular weight is 227 g/mol. The van der Waals surface area contributed by atoms with Crippen molar-refractivity contribution in [3.8, 4) is 0 Å². The molecule has 0 amide bonds. The molecule has 1 heterocycles. The van der Waals surface area contributed by atoms with E-state index < -0.39 is 18.2 Å². The van der Waals surface area contributed by atoms with E-state index in [1.807, 2.05) is 0 Å². The van der Waals surface area contributed by atoms with Crippen molar-refractivity contribution in [1.29, 1.82) is 0 Å². The molecule has 0 fully saturated rings. The molecule has 2 unspecified atom stereocenters. The number of anilines is 1. The van der Waals surface area contributed by atoms with Gasteiger partial charge in [0, 0.05) is 18.3 Å². The quantitative estimate of drug-likeness (QED) is 0.430. The molecule has 0 aliphatic carbocycles.